The Hall–Kier alpha value is -2.33. The molecule has 4 heteroatoms. The van der Waals surface area contributed by atoms with Crippen LogP contribution in [0.5, 0.6) is 0 Å². The van der Waals surface area contributed by atoms with E-state index in [0.29, 0.717) is 11.8 Å². The molecule has 2 aromatic carbocycles. The standard InChI is InChI=1S/C24H29N3O/c28-23(27-14-10-19(11-15-27)18-6-2-1-3-7-18)21-16-25-17-24(21)12-13-26-22-9-5-4-8-20(22)24/h1-9,19,21,25-26H,10-17H2/t21-,24-/m0/s1. The number of nitrogens with zero attached hydrogens (tertiary/aromatic N) is 1. The molecule has 2 N–H and O–H groups in total. The number of nitrogens with one attached hydrogen (secondary N) is 2. The van der Waals surface area contributed by atoms with Gasteiger partial charge in [0.15, 0.2) is 0 Å². The van der Waals surface area contributed by atoms with E-state index in [1.54, 1.807) is 0 Å². The van der Waals surface area contributed by atoms with Crippen LogP contribution in [0.3, 0.4) is 0 Å². The number of carbonyl (C=O) groups excluding carboxylic acids is 1. The van der Waals surface area contributed by atoms with Crippen LogP contribution in [0.15, 0.2) is 54.6 Å². The van der Waals surface area contributed by atoms with E-state index >= 15 is 0 Å². The highest BCUT2D eigenvalue weighted by atomic mass is 16.2. The van der Waals surface area contributed by atoms with Gasteiger partial charge in [0.2, 0.25) is 5.91 Å². The van der Waals surface area contributed by atoms with Crippen molar-refractivity contribution < 1.29 is 4.79 Å². The number of fused-ring (bicyclic) bond motifs is 2. The summed E-state index contributed by atoms with van der Waals surface area (Å²) in [5.41, 5.74) is 3.89. The van der Waals surface area contributed by atoms with Gasteiger partial charge in [-0.2, -0.15) is 0 Å². The molecule has 0 radical (unpaired) electrons. The highest BCUT2D eigenvalue weighted by Crippen LogP contribution is 2.45. The third-order valence-electron chi connectivity index (χ3n) is 7.18. The number of likely N-dealkylation sites (tertiary alicyclic amines) is 1. The molecular weight excluding hydrogens is 346 g/mol. The quantitative estimate of drug-likeness (QED) is 0.846. The van der Waals surface area contributed by atoms with Crippen LogP contribution in [0.1, 0.15) is 36.3 Å². The van der Waals surface area contributed by atoms with Gasteiger partial charge in [0.1, 0.15) is 0 Å². The lowest BCUT2D eigenvalue weighted by Gasteiger charge is -2.42. The second-order valence-electron chi connectivity index (χ2n) is 8.57. The molecule has 0 bridgehead atoms. The summed E-state index contributed by atoms with van der Waals surface area (Å²) in [5, 5.41) is 7.08. The molecule has 146 valence electrons. The van der Waals surface area contributed by atoms with E-state index in [9.17, 15) is 4.79 Å². The smallest absolute Gasteiger partial charge is 0.227 e. The van der Waals surface area contributed by atoms with Crippen molar-refractivity contribution in [2.45, 2.75) is 30.6 Å². The zero-order valence-corrected chi connectivity index (χ0v) is 16.4. The van der Waals surface area contributed by atoms with Crippen molar-refractivity contribution in [3.63, 3.8) is 0 Å². The molecule has 4 nitrogen and oxygen atoms in total. The number of para-hydroxylation sites is 1. The third-order valence-corrected chi connectivity index (χ3v) is 7.18. The fourth-order valence-corrected chi connectivity index (χ4v) is 5.63. The van der Waals surface area contributed by atoms with Crippen molar-refractivity contribution in [3.8, 4) is 0 Å². The Morgan fingerprint density at radius 3 is 2.57 bits per heavy atom. The Bertz CT molecular complexity index is 844. The van der Waals surface area contributed by atoms with Crippen molar-refractivity contribution in [2.24, 2.45) is 5.92 Å². The predicted molar refractivity (Wildman–Crippen MR) is 113 cm³/mol. The lowest BCUT2D eigenvalue weighted by Crippen LogP contribution is -2.50. The Kier molecular flexibility index (Phi) is 4.59. The SMILES string of the molecule is O=C([C@@H]1CNC[C@]12CCNc1ccccc12)N1CCC(c2ccccc2)CC1. The minimum absolute atomic E-state index is 0.0454. The maximum absolute atomic E-state index is 13.6. The van der Waals surface area contributed by atoms with E-state index in [1.165, 1.54) is 16.8 Å². The molecular formula is C24H29N3O. The van der Waals surface area contributed by atoms with Crippen LogP contribution in [0.4, 0.5) is 5.69 Å². The minimum Gasteiger partial charge on any atom is -0.385 e. The van der Waals surface area contributed by atoms with Gasteiger partial charge in [-0.25, -0.2) is 0 Å². The molecule has 2 aromatic rings. The molecule has 1 spiro atoms. The molecule has 0 aliphatic carbocycles. The van der Waals surface area contributed by atoms with Gasteiger partial charge in [-0.3, -0.25) is 4.79 Å². The van der Waals surface area contributed by atoms with Gasteiger partial charge in [-0.05, 0) is 42.4 Å². The first-order valence-electron chi connectivity index (χ1n) is 10.7. The summed E-state index contributed by atoms with van der Waals surface area (Å²) in [7, 11) is 0. The van der Waals surface area contributed by atoms with Gasteiger partial charge in [0.25, 0.3) is 0 Å². The van der Waals surface area contributed by atoms with Crippen LogP contribution in [-0.4, -0.2) is 43.5 Å². The highest BCUT2D eigenvalue weighted by Gasteiger charge is 2.51. The molecule has 3 aliphatic heterocycles. The Labute approximate surface area is 167 Å². The van der Waals surface area contributed by atoms with Crippen LogP contribution in [0, 0.1) is 5.92 Å². The molecule has 2 atom stereocenters. The van der Waals surface area contributed by atoms with Gasteiger partial charge < -0.3 is 15.5 Å². The van der Waals surface area contributed by atoms with E-state index in [2.05, 4.69) is 70.1 Å². The number of hydrogen-bond acceptors (Lipinski definition) is 3. The van der Waals surface area contributed by atoms with Gasteiger partial charge in [-0.15, -0.1) is 0 Å². The molecule has 1 amide bonds. The first kappa shape index (κ1) is 17.7. The molecule has 2 saturated heterocycles. The highest BCUT2D eigenvalue weighted by molar-refractivity contribution is 5.82. The average Bonchev–Trinajstić information content (AvgIpc) is 3.18. The van der Waals surface area contributed by atoms with Crippen LogP contribution >= 0.6 is 0 Å². The molecule has 2 fully saturated rings. The van der Waals surface area contributed by atoms with Gasteiger partial charge in [-0.1, -0.05) is 48.5 Å². The van der Waals surface area contributed by atoms with Crippen molar-refractivity contribution in [1.82, 2.24) is 10.2 Å². The summed E-state index contributed by atoms with van der Waals surface area (Å²) in [6, 6.07) is 19.3. The van der Waals surface area contributed by atoms with Crippen LogP contribution in [0.25, 0.3) is 0 Å². The monoisotopic (exact) mass is 375 g/mol. The maximum Gasteiger partial charge on any atom is 0.227 e. The Morgan fingerprint density at radius 2 is 1.75 bits per heavy atom. The van der Waals surface area contributed by atoms with E-state index in [4.69, 9.17) is 0 Å². The normalized spacial score (nSPS) is 27.4. The number of anilines is 1. The number of amides is 1. The lowest BCUT2D eigenvalue weighted by molar-refractivity contribution is -0.138. The van der Waals surface area contributed by atoms with Gasteiger partial charge >= 0.3 is 0 Å². The molecule has 0 saturated carbocycles. The maximum atomic E-state index is 13.6. The fraction of sp³-hybridized carbons (Fsp3) is 0.458. The zero-order valence-electron chi connectivity index (χ0n) is 16.4. The number of carbonyl (C=O) groups is 1. The van der Waals surface area contributed by atoms with Crippen molar-refractivity contribution >= 4 is 11.6 Å². The summed E-state index contributed by atoms with van der Waals surface area (Å²) >= 11 is 0. The fourth-order valence-electron chi connectivity index (χ4n) is 5.63. The molecule has 3 aliphatic rings. The summed E-state index contributed by atoms with van der Waals surface area (Å²) in [4.78, 5) is 15.7. The second kappa shape index (κ2) is 7.25. The first-order chi connectivity index (χ1) is 13.8. The Balaban J connectivity index is 1.34. The van der Waals surface area contributed by atoms with E-state index < -0.39 is 0 Å². The average molecular weight is 376 g/mol. The first-order valence-corrected chi connectivity index (χ1v) is 10.7. The van der Waals surface area contributed by atoms with Crippen molar-refractivity contribution in [1.29, 1.82) is 0 Å². The predicted octanol–water partition coefficient (Wildman–Crippen LogP) is 3.37. The van der Waals surface area contributed by atoms with Crippen molar-refractivity contribution in [2.75, 3.05) is 38.0 Å². The molecule has 3 heterocycles. The summed E-state index contributed by atoms with van der Waals surface area (Å²) in [6.45, 7) is 4.41. The zero-order chi connectivity index (χ0) is 19.0. The molecule has 5 rings (SSSR count). The summed E-state index contributed by atoms with van der Waals surface area (Å²) in [5.74, 6) is 0.984. The molecule has 0 aromatic heterocycles. The van der Waals surface area contributed by atoms with Gasteiger partial charge in [0, 0.05) is 43.8 Å². The minimum atomic E-state index is -0.0603. The number of benzene rings is 2. The number of hydrogen-bond donors (Lipinski definition) is 2. The van der Waals surface area contributed by atoms with E-state index in [0.717, 1.165) is 52.0 Å². The van der Waals surface area contributed by atoms with Crippen LogP contribution in [0.2, 0.25) is 0 Å². The molecule has 0 unspecified atom stereocenters. The largest absolute Gasteiger partial charge is 0.385 e. The number of rotatable bonds is 2. The van der Waals surface area contributed by atoms with Crippen LogP contribution in [-0.2, 0) is 10.2 Å². The van der Waals surface area contributed by atoms with E-state index in [-0.39, 0.29) is 11.3 Å². The summed E-state index contributed by atoms with van der Waals surface area (Å²) < 4.78 is 0. The third kappa shape index (κ3) is 2.91. The molecule has 28 heavy (non-hydrogen) atoms. The lowest BCUT2D eigenvalue weighted by atomic mass is 9.67. The summed E-state index contributed by atoms with van der Waals surface area (Å²) in [6.07, 6.45) is 3.16. The van der Waals surface area contributed by atoms with Crippen LogP contribution < -0.4 is 10.6 Å². The van der Waals surface area contributed by atoms with E-state index in [1.807, 2.05) is 0 Å². The van der Waals surface area contributed by atoms with Gasteiger partial charge in [0.05, 0.1) is 5.92 Å². The Morgan fingerprint density at radius 1 is 1.00 bits per heavy atom. The van der Waals surface area contributed by atoms with Crippen molar-refractivity contribution in [3.05, 3.63) is 65.7 Å². The topological polar surface area (TPSA) is 44.4 Å². The number of piperidine rings is 1. The second-order valence-corrected chi connectivity index (χ2v) is 8.57.